The smallest absolute Gasteiger partial charge is 0.326 e. The lowest BCUT2D eigenvalue weighted by atomic mass is 9.96. The molecule has 342 valence electrons. The number of hydrogen-bond acceptors (Lipinski definition) is 8. The van der Waals surface area contributed by atoms with Crippen LogP contribution in [0.2, 0.25) is 0 Å². The second-order valence-corrected chi connectivity index (χ2v) is 16.4. The van der Waals surface area contributed by atoms with Crippen LogP contribution in [0.3, 0.4) is 0 Å². The highest BCUT2D eigenvalue weighted by Crippen LogP contribution is 2.20. The second kappa shape index (κ2) is 23.0. The van der Waals surface area contributed by atoms with Crippen molar-refractivity contribution >= 4 is 52.4 Å². The lowest BCUT2D eigenvalue weighted by Crippen LogP contribution is -2.60. The van der Waals surface area contributed by atoms with Gasteiger partial charge in [-0.15, -0.1) is 0 Å². The number of para-hydroxylation sites is 1. The summed E-state index contributed by atoms with van der Waals surface area (Å²) in [5.41, 5.74) is 3.03. The van der Waals surface area contributed by atoms with Gasteiger partial charge in [0, 0.05) is 43.5 Å². The molecule has 64 heavy (non-hydrogen) atoms. The summed E-state index contributed by atoms with van der Waals surface area (Å²) < 4.78 is 0. The number of rotatable bonds is 12. The van der Waals surface area contributed by atoms with E-state index < -0.39 is 83.7 Å². The predicted molar refractivity (Wildman–Crippen MR) is 240 cm³/mol. The number of aromatic amines is 1. The molecule has 1 aromatic heterocycles. The molecule has 17 heteroatoms. The average molecular weight is 881 g/mol. The Morgan fingerprint density at radius 2 is 1.52 bits per heavy atom. The van der Waals surface area contributed by atoms with Gasteiger partial charge < -0.3 is 52.0 Å². The van der Waals surface area contributed by atoms with Gasteiger partial charge in [-0.25, -0.2) is 9.59 Å². The summed E-state index contributed by atoms with van der Waals surface area (Å²) in [5.74, 6) is -4.70. The van der Waals surface area contributed by atoms with Crippen LogP contribution in [0, 0.1) is 5.92 Å². The van der Waals surface area contributed by atoms with Gasteiger partial charge in [-0.1, -0.05) is 80.9 Å². The number of urea groups is 1. The maximum Gasteiger partial charge on any atom is 0.326 e. The SMILES string of the molecule is CC[C@@H](C)[C@@H]1NC(=O)[C@H](NC(=O)N[C@@H](Cc2c[nH]c3ccccc23)C(=O)O)CCCCNC(=O)[C@H](Cc2ccccc2)NC(=O)[C@H](C)N(C)C(=O)[C@H](CCc2ccc(O)cc2)NC1=O. The van der Waals surface area contributed by atoms with E-state index in [1.54, 1.807) is 25.3 Å². The molecule has 4 aromatic rings. The molecule has 0 saturated carbocycles. The number of carboxylic acids is 1. The number of phenols is 1. The molecule has 7 amide bonds. The molecule has 1 aliphatic rings. The van der Waals surface area contributed by atoms with Crippen LogP contribution in [0.15, 0.2) is 85.1 Å². The zero-order valence-corrected chi connectivity index (χ0v) is 36.7. The molecule has 7 atom stereocenters. The van der Waals surface area contributed by atoms with Gasteiger partial charge in [-0.2, -0.15) is 0 Å². The first kappa shape index (κ1) is 48.1. The van der Waals surface area contributed by atoms with Crippen LogP contribution < -0.4 is 31.9 Å². The molecule has 1 aliphatic heterocycles. The van der Waals surface area contributed by atoms with Crippen molar-refractivity contribution < 1.29 is 43.8 Å². The Hall–Kier alpha value is -6.91. The molecule has 17 nitrogen and oxygen atoms in total. The minimum Gasteiger partial charge on any atom is -0.508 e. The molecular formula is C47H60N8O9. The number of nitrogens with zero attached hydrogens (tertiary/aromatic N) is 1. The van der Waals surface area contributed by atoms with E-state index in [4.69, 9.17) is 0 Å². The number of nitrogens with one attached hydrogen (secondary N) is 7. The number of hydrogen-bond donors (Lipinski definition) is 9. The van der Waals surface area contributed by atoms with Crippen molar-refractivity contribution in [3.8, 4) is 5.75 Å². The average Bonchev–Trinajstić information content (AvgIpc) is 3.70. The molecule has 0 spiro atoms. The fourth-order valence-corrected chi connectivity index (χ4v) is 7.57. The zero-order chi connectivity index (χ0) is 46.3. The van der Waals surface area contributed by atoms with Crippen molar-refractivity contribution in [3.05, 3.63) is 102 Å². The third kappa shape index (κ3) is 13.3. The van der Waals surface area contributed by atoms with Crippen LogP contribution in [0.25, 0.3) is 10.9 Å². The Labute approximate surface area is 372 Å². The van der Waals surface area contributed by atoms with Crippen LogP contribution in [-0.4, -0.2) is 111 Å². The number of aromatic nitrogens is 1. The largest absolute Gasteiger partial charge is 0.508 e. The number of aromatic hydroxyl groups is 1. The summed E-state index contributed by atoms with van der Waals surface area (Å²) in [6.45, 7) is 5.28. The van der Waals surface area contributed by atoms with E-state index in [-0.39, 0.29) is 38.0 Å². The Morgan fingerprint density at radius 3 is 2.22 bits per heavy atom. The van der Waals surface area contributed by atoms with Gasteiger partial charge in [0.05, 0.1) is 0 Å². The number of aryl methyl sites for hydroxylation is 1. The number of fused-ring (bicyclic) bond motifs is 1. The summed E-state index contributed by atoms with van der Waals surface area (Å²) in [5, 5.41) is 37.2. The highest BCUT2D eigenvalue weighted by molar-refractivity contribution is 5.96. The van der Waals surface area contributed by atoms with Crippen molar-refractivity contribution in [1.82, 2.24) is 41.8 Å². The van der Waals surface area contributed by atoms with E-state index in [0.29, 0.717) is 31.2 Å². The Kier molecular flexibility index (Phi) is 17.3. The van der Waals surface area contributed by atoms with Crippen LogP contribution >= 0.6 is 0 Å². The molecule has 2 heterocycles. The lowest BCUT2D eigenvalue weighted by Gasteiger charge is -2.32. The molecule has 3 aromatic carbocycles. The molecule has 0 aliphatic carbocycles. The number of likely N-dealkylation sites (N-methyl/N-ethyl adjacent to an activating group) is 1. The van der Waals surface area contributed by atoms with E-state index in [0.717, 1.165) is 22.0 Å². The van der Waals surface area contributed by atoms with Gasteiger partial charge in [0.2, 0.25) is 29.5 Å². The van der Waals surface area contributed by atoms with Crippen LogP contribution in [-0.2, 0) is 48.0 Å². The van der Waals surface area contributed by atoms with Gasteiger partial charge in [-0.3, -0.25) is 24.0 Å². The molecule has 0 unspecified atom stereocenters. The third-order valence-electron chi connectivity index (χ3n) is 11.8. The minimum atomic E-state index is -1.36. The van der Waals surface area contributed by atoms with E-state index in [2.05, 4.69) is 36.9 Å². The van der Waals surface area contributed by atoms with Crippen LogP contribution in [0.4, 0.5) is 4.79 Å². The first-order valence-corrected chi connectivity index (χ1v) is 21.8. The Balaban J connectivity index is 1.42. The third-order valence-corrected chi connectivity index (χ3v) is 11.8. The number of carbonyl (C=O) groups excluding carboxylic acids is 6. The summed E-state index contributed by atoms with van der Waals surface area (Å²) in [4.78, 5) is 101. The van der Waals surface area contributed by atoms with Crippen molar-refractivity contribution in [1.29, 1.82) is 0 Å². The normalized spacial score (nSPS) is 21.8. The van der Waals surface area contributed by atoms with E-state index in [9.17, 15) is 43.8 Å². The van der Waals surface area contributed by atoms with Gasteiger partial charge in [0.25, 0.3) is 0 Å². The van der Waals surface area contributed by atoms with Gasteiger partial charge >= 0.3 is 12.0 Å². The fraction of sp³-hybridized carbons (Fsp3) is 0.426. The number of amides is 7. The molecule has 1 saturated heterocycles. The fourth-order valence-electron chi connectivity index (χ4n) is 7.57. The van der Waals surface area contributed by atoms with Crippen molar-refractivity contribution in [3.63, 3.8) is 0 Å². The van der Waals surface area contributed by atoms with Gasteiger partial charge in [0.1, 0.15) is 42.0 Å². The van der Waals surface area contributed by atoms with Crippen molar-refractivity contribution in [2.24, 2.45) is 5.92 Å². The molecule has 0 radical (unpaired) electrons. The number of benzene rings is 3. The predicted octanol–water partition coefficient (Wildman–Crippen LogP) is 3.06. The highest BCUT2D eigenvalue weighted by Gasteiger charge is 2.36. The monoisotopic (exact) mass is 880 g/mol. The lowest BCUT2D eigenvalue weighted by molar-refractivity contribution is -0.142. The minimum absolute atomic E-state index is 0.0460. The molecule has 5 rings (SSSR count). The molecule has 0 bridgehead atoms. The van der Waals surface area contributed by atoms with Crippen LogP contribution in [0.5, 0.6) is 5.75 Å². The van der Waals surface area contributed by atoms with E-state index in [1.165, 1.54) is 31.0 Å². The number of H-pyrrole nitrogens is 1. The van der Waals surface area contributed by atoms with E-state index >= 15 is 0 Å². The quantitative estimate of drug-likeness (QED) is 0.101. The van der Waals surface area contributed by atoms with Gasteiger partial charge in [0.15, 0.2) is 0 Å². The number of carbonyl (C=O) groups is 7. The first-order valence-electron chi connectivity index (χ1n) is 21.8. The zero-order valence-electron chi connectivity index (χ0n) is 36.7. The highest BCUT2D eigenvalue weighted by atomic mass is 16.4. The topological polar surface area (TPSA) is 251 Å². The van der Waals surface area contributed by atoms with Crippen LogP contribution in [0.1, 0.15) is 69.6 Å². The maximum atomic E-state index is 14.3. The van der Waals surface area contributed by atoms with Crippen molar-refractivity contribution in [2.75, 3.05) is 13.6 Å². The summed E-state index contributed by atoms with van der Waals surface area (Å²) in [6, 6.07) is 14.9. The summed E-state index contributed by atoms with van der Waals surface area (Å²) in [6.07, 6.45) is 3.32. The Bertz CT molecular complexity index is 2250. The maximum absolute atomic E-state index is 14.3. The van der Waals surface area contributed by atoms with Gasteiger partial charge in [-0.05, 0) is 79.8 Å². The molecule has 9 N–H and O–H groups in total. The standard InChI is InChI=1S/C47H60N8O9/c1-5-28(2)40-44(60)50-37(23-20-30-18-21-33(56)22-19-30)45(61)55(4)29(3)41(57)51-38(25-31-13-7-6-8-14-31)42(58)48-24-12-11-17-36(43(59)54-40)52-47(64)53-39(46(62)63)26-32-27-49-35-16-10-9-15-34(32)35/h6-10,13-16,18-19,21-22,27-29,36-40,49,56H,5,11-12,17,20,23-26H2,1-4H3,(H,48,58)(H,50,60)(H,51,57)(H,54,59)(H,62,63)(H2,52,53,64)/t28-,29+,36-,37+,38+,39+,40+/m1/s1. The second-order valence-electron chi connectivity index (χ2n) is 16.4. The van der Waals surface area contributed by atoms with E-state index in [1.807, 2.05) is 61.5 Å². The Morgan fingerprint density at radius 1 is 0.828 bits per heavy atom. The molecule has 1 fully saturated rings. The number of phenolic OH excluding ortho intramolecular Hbond substituents is 1. The first-order chi connectivity index (χ1) is 30.6. The number of aliphatic carboxylic acids is 1. The summed E-state index contributed by atoms with van der Waals surface area (Å²) >= 11 is 0. The number of carboxylic acid groups (broad SMARTS) is 1. The molecular weight excluding hydrogens is 821 g/mol. The summed E-state index contributed by atoms with van der Waals surface area (Å²) in [7, 11) is 1.44. The van der Waals surface area contributed by atoms with Crippen molar-refractivity contribution in [2.45, 2.75) is 108 Å².